The van der Waals surface area contributed by atoms with E-state index in [4.69, 9.17) is 9.47 Å². The molecule has 0 aromatic heterocycles. The number of nitrogens with zero attached hydrogens (tertiary/aromatic N) is 2. The van der Waals surface area contributed by atoms with Crippen LogP contribution in [0, 0.1) is 5.92 Å². The molecule has 0 radical (unpaired) electrons. The van der Waals surface area contributed by atoms with Gasteiger partial charge in [-0.2, -0.15) is 13.2 Å². The molecule has 0 saturated carbocycles. The Labute approximate surface area is 176 Å². The first-order valence-corrected chi connectivity index (χ1v) is 9.38. The van der Waals surface area contributed by atoms with E-state index in [-0.39, 0.29) is 30.0 Å². The molecule has 0 aliphatic carbocycles. The van der Waals surface area contributed by atoms with Gasteiger partial charge in [0.1, 0.15) is 0 Å². The van der Waals surface area contributed by atoms with Gasteiger partial charge in [0.25, 0.3) is 0 Å². The van der Waals surface area contributed by atoms with Gasteiger partial charge in [-0.25, -0.2) is 0 Å². The molecule has 27 heavy (non-hydrogen) atoms. The molecule has 2 aliphatic rings. The predicted octanol–water partition coefficient (Wildman–Crippen LogP) is 2.24. The van der Waals surface area contributed by atoms with Gasteiger partial charge in [-0.3, -0.25) is 9.89 Å². The lowest BCUT2D eigenvalue weighted by Gasteiger charge is -2.22. The lowest BCUT2D eigenvalue weighted by atomic mass is 10.0. The van der Waals surface area contributed by atoms with Crippen LogP contribution in [0.2, 0.25) is 0 Å². The van der Waals surface area contributed by atoms with E-state index in [2.05, 4.69) is 15.6 Å². The minimum atomic E-state index is -4.14. The van der Waals surface area contributed by atoms with Crippen LogP contribution in [-0.4, -0.2) is 82.7 Å². The molecular weight excluding hydrogens is 476 g/mol. The van der Waals surface area contributed by atoms with Crippen molar-refractivity contribution in [2.24, 2.45) is 10.9 Å². The van der Waals surface area contributed by atoms with Gasteiger partial charge in [0.15, 0.2) is 5.96 Å². The molecule has 160 valence electrons. The van der Waals surface area contributed by atoms with E-state index in [9.17, 15) is 13.2 Å². The summed E-state index contributed by atoms with van der Waals surface area (Å²) >= 11 is 0. The monoisotopic (exact) mass is 508 g/mol. The molecule has 2 aliphatic heterocycles. The van der Waals surface area contributed by atoms with Crippen molar-refractivity contribution in [3.8, 4) is 0 Å². The minimum absolute atomic E-state index is 0. The van der Waals surface area contributed by atoms with Crippen molar-refractivity contribution in [3.05, 3.63) is 0 Å². The number of guanidine groups is 1. The van der Waals surface area contributed by atoms with Gasteiger partial charge in [0.05, 0.1) is 6.54 Å². The molecule has 10 heteroatoms. The highest BCUT2D eigenvalue weighted by Crippen LogP contribution is 2.20. The van der Waals surface area contributed by atoms with E-state index < -0.39 is 12.7 Å². The Kier molecular flexibility index (Phi) is 11.9. The Morgan fingerprint density at radius 2 is 2.00 bits per heavy atom. The number of ether oxygens (including phenoxy) is 2. The SMILES string of the molecule is CN=C(NCCCOCC1CCOCC1)NC1CCN(CC(F)(F)F)C1.I. The molecule has 0 aromatic carbocycles. The second kappa shape index (κ2) is 13.0. The van der Waals surface area contributed by atoms with Crippen molar-refractivity contribution in [1.82, 2.24) is 15.5 Å². The molecule has 0 bridgehead atoms. The Bertz CT molecular complexity index is 435. The third kappa shape index (κ3) is 10.7. The first kappa shape index (κ1) is 24.7. The predicted molar refractivity (Wildman–Crippen MR) is 110 cm³/mol. The maximum Gasteiger partial charge on any atom is 0.401 e. The highest BCUT2D eigenvalue weighted by molar-refractivity contribution is 14.0. The number of aliphatic imine (C=N–C) groups is 1. The summed E-state index contributed by atoms with van der Waals surface area (Å²) in [6.45, 7) is 3.84. The van der Waals surface area contributed by atoms with Crippen molar-refractivity contribution in [2.45, 2.75) is 37.9 Å². The zero-order valence-electron chi connectivity index (χ0n) is 15.9. The van der Waals surface area contributed by atoms with Crippen molar-refractivity contribution < 1.29 is 22.6 Å². The molecule has 2 N–H and O–H groups in total. The Morgan fingerprint density at radius 3 is 2.67 bits per heavy atom. The van der Waals surface area contributed by atoms with Crippen LogP contribution in [0.25, 0.3) is 0 Å². The second-order valence-electron chi connectivity index (χ2n) is 6.96. The van der Waals surface area contributed by atoms with Gasteiger partial charge in [-0.15, -0.1) is 24.0 Å². The minimum Gasteiger partial charge on any atom is -0.381 e. The quantitative estimate of drug-likeness (QED) is 0.228. The summed E-state index contributed by atoms with van der Waals surface area (Å²) in [6.07, 6.45) is -0.456. The number of hydrogen-bond donors (Lipinski definition) is 2. The average molecular weight is 508 g/mol. The van der Waals surface area contributed by atoms with Gasteiger partial charge >= 0.3 is 6.18 Å². The number of hydrogen-bond acceptors (Lipinski definition) is 4. The molecular formula is C17H32F3IN4O2. The summed E-state index contributed by atoms with van der Waals surface area (Å²) in [4.78, 5) is 5.57. The lowest BCUT2D eigenvalue weighted by molar-refractivity contribution is -0.143. The van der Waals surface area contributed by atoms with Crippen LogP contribution in [0.3, 0.4) is 0 Å². The first-order valence-electron chi connectivity index (χ1n) is 9.38. The first-order chi connectivity index (χ1) is 12.5. The molecule has 6 nitrogen and oxygen atoms in total. The maximum atomic E-state index is 12.4. The third-order valence-corrected chi connectivity index (χ3v) is 4.69. The number of nitrogens with one attached hydrogen (secondary N) is 2. The van der Waals surface area contributed by atoms with Crippen LogP contribution in [0.1, 0.15) is 25.7 Å². The van der Waals surface area contributed by atoms with Crippen molar-refractivity contribution in [1.29, 1.82) is 0 Å². The lowest BCUT2D eigenvalue weighted by Crippen LogP contribution is -2.45. The Morgan fingerprint density at radius 1 is 1.26 bits per heavy atom. The second-order valence-corrected chi connectivity index (χ2v) is 6.96. The zero-order valence-corrected chi connectivity index (χ0v) is 18.2. The summed E-state index contributed by atoms with van der Waals surface area (Å²) in [6, 6.07) is -0.00618. The molecule has 2 rings (SSSR count). The van der Waals surface area contributed by atoms with Gasteiger partial charge in [-0.1, -0.05) is 0 Å². The summed E-state index contributed by atoms with van der Waals surface area (Å²) in [5.41, 5.74) is 0. The zero-order chi connectivity index (χ0) is 18.8. The molecule has 2 saturated heterocycles. The van der Waals surface area contributed by atoms with Crippen molar-refractivity contribution in [2.75, 3.05) is 59.7 Å². The number of halogens is 4. The fourth-order valence-corrected chi connectivity index (χ4v) is 3.28. The van der Waals surface area contributed by atoms with E-state index in [1.807, 2.05) is 0 Å². The van der Waals surface area contributed by atoms with Gasteiger partial charge in [-0.05, 0) is 31.6 Å². The summed E-state index contributed by atoms with van der Waals surface area (Å²) in [7, 11) is 1.67. The molecule has 1 unspecified atom stereocenters. The molecule has 2 heterocycles. The fraction of sp³-hybridized carbons (Fsp3) is 0.941. The molecule has 0 amide bonds. The van der Waals surface area contributed by atoms with Crippen LogP contribution in [0.15, 0.2) is 4.99 Å². The average Bonchev–Trinajstić information content (AvgIpc) is 3.02. The van der Waals surface area contributed by atoms with Crippen LogP contribution >= 0.6 is 24.0 Å². The van der Waals surface area contributed by atoms with Crippen molar-refractivity contribution in [3.63, 3.8) is 0 Å². The topological polar surface area (TPSA) is 58.1 Å². The van der Waals surface area contributed by atoms with Gasteiger partial charge in [0, 0.05) is 59.2 Å². The summed E-state index contributed by atoms with van der Waals surface area (Å²) in [5.74, 6) is 1.24. The summed E-state index contributed by atoms with van der Waals surface area (Å²) in [5, 5.41) is 6.40. The van der Waals surface area contributed by atoms with E-state index in [0.717, 1.165) is 39.1 Å². The van der Waals surface area contributed by atoms with E-state index >= 15 is 0 Å². The van der Waals surface area contributed by atoms with E-state index in [0.29, 0.717) is 44.5 Å². The molecule has 0 aromatic rings. The van der Waals surface area contributed by atoms with E-state index in [1.165, 1.54) is 4.90 Å². The van der Waals surface area contributed by atoms with Crippen LogP contribution in [0.5, 0.6) is 0 Å². The number of likely N-dealkylation sites (tertiary alicyclic amines) is 1. The molecule has 1 atom stereocenters. The standard InChI is InChI=1S/C17H31F3N4O2.HI/c1-21-16(23-15-3-7-24(11-15)13-17(18,19)20)22-6-2-8-26-12-14-4-9-25-10-5-14;/h14-15H,2-13H2,1H3,(H2,21,22,23);1H. The summed E-state index contributed by atoms with van der Waals surface area (Å²) < 4.78 is 48.3. The van der Waals surface area contributed by atoms with Crippen molar-refractivity contribution >= 4 is 29.9 Å². The normalized spacial score (nSPS) is 22.5. The number of alkyl halides is 3. The Balaban J connectivity index is 0.00000364. The van der Waals surface area contributed by atoms with Gasteiger partial charge in [0.2, 0.25) is 0 Å². The number of rotatable bonds is 8. The highest BCUT2D eigenvalue weighted by Gasteiger charge is 2.34. The van der Waals surface area contributed by atoms with Crippen LogP contribution in [-0.2, 0) is 9.47 Å². The Hall–Kier alpha value is -0.330. The third-order valence-electron chi connectivity index (χ3n) is 4.69. The van der Waals surface area contributed by atoms with Crippen LogP contribution < -0.4 is 10.6 Å². The largest absolute Gasteiger partial charge is 0.401 e. The fourth-order valence-electron chi connectivity index (χ4n) is 3.28. The highest BCUT2D eigenvalue weighted by atomic mass is 127. The smallest absolute Gasteiger partial charge is 0.381 e. The van der Waals surface area contributed by atoms with Gasteiger partial charge < -0.3 is 20.1 Å². The van der Waals surface area contributed by atoms with Crippen LogP contribution in [0.4, 0.5) is 13.2 Å². The van der Waals surface area contributed by atoms with E-state index in [1.54, 1.807) is 7.05 Å². The molecule has 0 spiro atoms. The maximum absolute atomic E-state index is 12.4. The molecule has 2 fully saturated rings.